The minimum absolute atomic E-state index is 1.13. The fourth-order valence-corrected chi connectivity index (χ4v) is 10.1. The van der Waals surface area contributed by atoms with Crippen LogP contribution in [0, 0.1) is 0 Å². The first-order valence-corrected chi connectivity index (χ1v) is 18.9. The number of benzene rings is 8. The smallest absolute Gasteiger partial charge is 0.0640 e. The molecule has 0 saturated heterocycles. The monoisotopic (exact) mass is 685 g/mol. The Morgan fingerprint density at radius 2 is 0.863 bits per heavy atom. The van der Waals surface area contributed by atoms with E-state index < -0.39 is 0 Å². The zero-order chi connectivity index (χ0) is 33.7. The maximum atomic E-state index is 2.50. The zero-order valence-corrected chi connectivity index (χ0v) is 29.3. The molecule has 240 valence electrons. The van der Waals surface area contributed by atoms with Crippen molar-refractivity contribution in [2.45, 2.75) is 0 Å². The minimum atomic E-state index is 1.13. The van der Waals surface area contributed by atoms with E-state index >= 15 is 0 Å². The van der Waals surface area contributed by atoms with Gasteiger partial charge in [-0.25, -0.2) is 0 Å². The Bertz CT molecular complexity index is 2830. The quantitative estimate of drug-likeness (QED) is 0.168. The first-order chi connectivity index (χ1) is 25.3. The maximum Gasteiger partial charge on any atom is 0.0640 e. The first kappa shape index (κ1) is 29.9. The lowest BCUT2D eigenvalue weighted by Gasteiger charge is -2.28. The van der Waals surface area contributed by atoms with Gasteiger partial charge in [0.2, 0.25) is 0 Å². The summed E-state index contributed by atoms with van der Waals surface area (Å²) in [6.07, 6.45) is 0. The molecule has 0 N–H and O–H groups in total. The number of thiophene rings is 2. The molecule has 10 aromatic rings. The van der Waals surface area contributed by atoms with Crippen LogP contribution in [-0.4, -0.2) is 0 Å². The van der Waals surface area contributed by atoms with Crippen LogP contribution in [0.15, 0.2) is 188 Å². The van der Waals surface area contributed by atoms with Crippen molar-refractivity contribution in [2.75, 3.05) is 4.90 Å². The number of nitrogens with zero attached hydrogens (tertiary/aromatic N) is 1. The van der Waals surface area contributed by atoms with Gasteiger partial charge in [-0.1, -0.05) is 158 Å². The highest BCUT2D eigenvalue weighted by Gasteiger charge is 2.24. The molecule has 0 atom stereocenters. The Morgan fingerprint density at radius 3 is 1.57 bits per heavy atom. The molecule has 0 spiro atoms. The number of hydrogen-bond donors (Lipinski definition) is 0. The molecule has 0 amide bonds. The number of anilines is 3. The molecule has 2 heterocycles. The van der Waals surface area contributed by atoms with Gasteiger partial charge in [-0.05, 0) is 63.7 Å². The number of fused-ring (bicyclic) bond motifs is 6. The molecule has 51 heavy (non-hydrogen) atoms. The summed E-state index contributed by atoms with van der Waals surface area (Å²) < 4.78 is 5.20. The summed E-state index contributed by atoms with van der Waals surface area (Å²) in [6, 6.07) is 68.4. The molecule has 0 radical (unpaired) electrons. The van der Waals surface area contributed by atoms with E-state index in [2.05, 4.69) is 193 Å². The molecule has 0 aliphatic heterocycles. The third-order valence-electron chi connectivity index (χ3n) is 9.89. The van der Waals surface area contributed by atoms with Gasteiger partial charge in [0.05, 0.1) is 16.1 Å². The van der Waals surface area contributed by atoms with E-state index in [1.54, 1.807) is 0 Å². The third kappa shape index (κ3) is 5.05. The van der Waals surface area contributed by atoms with Crippen LogP contribution in [0.2, 0.25) is 0 Å². The first-order valence-electron chi connectivity index (χ1n) is 17.3. The highest BCUT2D eigenvalue weighted by atomic mass is 32.1. The molecular weight excluding hydrogens is 655 g/mol. The van der Waals surface area contributed by atoms with Crippen LogP contribution in [0.4, 0.5) is 17.1 Å². The second kappa shape index (κ2) is 12.4. The normalized spacial score (nSPS) is 11.5. The summed E-state index contributed by atoms with van der Waals surface area (Å²) in [5, 5.41) is 5.14. The van der Waals surface area contributed by atoms with Gasteiger partial charge in [0, 0.05) is 41.3 Å². The van der Waals surface area contributed by atoms with Crippen molar-refractivity contribution in [3.8, 4) is 33.4 Å². The van der Waals surface area contributed by atoms with Gasteiger partial charge in [0.25, 0.3) is 0 Å². The second-order valence-electron chi connectivity index (χ2n) is 12.9. The van der Waals surface area contributed by atoms with E-state index in [-0.39, 0.29) is 0 Å². The minimum Gasteiger partial charge on any atom is -0.308 e. The number of rotatable bonds is 6. The summed E-state index contributed by atoms with van der Waals surface area (Å²) in [5.74, 6) is 0. The molecule has 2 aromatic heterocycles. The molecule has 0 unspecified atom stereocenters. The Labute approximate surface area is 304 Å². The van der Waals surface area contributed by atoms with Gasteiger partial charge < -0.3 is 4.90 Å². The van der Waals surface area contributed by atoms with E-state index in [9.17, 15) is 0 Å². The van der Waals surface area contributed by atoms with E-state index in [0.29, 0.717) is 0 Å². The maximum absolute atomic E-state index is 2.50. The van der Waals surface area contributed by atoms with Gasteiger partial charge in [-0.2, -0.15) is 0 Å². The predicted molar refractivity (Wildman–Crippen MR) is 223 cm³/mol. The van der Waals surface area contributed by atoms with E-state index in [4.69, 9.17) is 0 Å². The topological polar surface area (TPSA) is 3.24 Å². The van der Waals surface area contributed by atoms with Crippen molar-refractivity contribution in [1.82, 2.24) is 0 Å². The fraction of sp³-hybridized carbons (Fsp3) is 0. The molecule has 0 aliphatic rings. The highest BCUT2D eigenvalue weighted by molar-refractivity contribution is 7.27. The highest BCUT2D eigenvalue weighted by Crippen LogP contribution is 2.51. The largest absolute Gasteiger partial charge is 0.308 e. The SMILES string of the molecule is c1ccc(-c2ccc(N(c3cccc4c3sc3c(-c5ccccc5)cccc34)c3ccc(-c4ccccc4)c4sc5ccccc5c34)cc2)cc1. The summed E-state index contributed by atoms with van der Waals surface area (Å²) in [6.45, 7) is 0. The van der Waals surface area contributed by atoms with Crippen LogP contribution in [0.25, 0.3) is 73.7 Å². The standard InChI is InChI=1S/C48H31NS2/c1-4-14-32(15-5-1)33-26-28-36(29-27-33)49(42-31-30-38(35-18-8-3-9-19-35)48-45(42)41-20-10-11-25-44(41)50-48)43-24-13-23-40-39-22-12-21-37(46(39)51-47(40)43)34-16-6-2-7-17-34/h1-31H. The van der Waals surface area contributed by atoms with Gasteiger partial charge in [0.1, 0.15) is 0 Å². The molecule has 3 heteroatoms. The molecule has 0 fully saturated rings. The zero-order valence-electron chi connectivity index (χ0n) is 27.7. The molecule has 0 aliphatic carbocycles. The fourth-order valence-electron chi connectivity index (χ4n) is 7.51. The van der Waals surface area contributed by atoms with Crippen molar-refractivity contribution in [2.24, 2.45) is 0 Å². The molecule has 8 aromatic carbocycles. The van der Waals surface area contributed by atoms with Crippen molar-refractivity contribution in [3.05, 3.63) is 188 Å². The van der Waals surface area contributed by atoms with E-state index in [0.717, 1.165) is 5.69 Å². The summed E-state index contributed by atoms with van der Waals surface area (Å²) in [7, 11) is 0. The van der Waals surface area contributed by atoms with Crippen molar-refractivity contribution in [3.63, 3.8) is 0 Å². The summed E-state index contributed by atoms with van der Waals surface area (Å²) in [5.41, 5.74) is 10.9. The van der Waals surface area contributed by atoms with Gasteiger partial charge in [-0.15, -0.1) is 22.7 Å². The molecule has 0 bridgehead atoms. The average Bonchev–Trinajstić information content (AvgIpc) is 3.79. The van der Waals surface area contributed by atoms with Crippen LogP contribution in [0.1, 0.15) is 0 Å². The van der Waals surface area contributed by atoms with Crippen LogP contribution in [0.3, 0.4) is 0 Å². The lowest BCUT2D eigenvalue weighted by atomic mass is 9.99. The van der Waals surface area contributed by atoms with Crippen LogP contribution in [0.5, 0.6) is 0 Å². The number of hydrogen-bond acceptors (Lipinski definition) is 3. The Kier molecular flexibility index (Phi) is 7.26. The molecule has 0 saturated carbocycles. The van der Waals surface area contributed by atoms with Crippen molar-refractivity contribution in [1.29, 1.82) is 0 Å². The van der Waals surface area contributed by atoms with Crippen molar-refractivity contribution >= 4 is 80.1 Å². The second-order valence-corrected chi connectivity index (χ2v) is 14.9. The molecule has 1 nitrogen and oxygen atoms in total. The lowest BCUT2D eigenvalue weighted by Crippen LogP contribution is -2.10. The van der Waals surface area contributed by atoms with Gasteiger partial charge in [-0.3, -0.25) is 0 Å². The summed E-state index contributed by atoms with van der Waals surface area (Å²) in [4.78, 5) is 2.50. The Hall–Kier alpha value is -6.00. The average molecular weight is 686 g/mol. The van der Waals surface area contributed by atoms with Gasteiger partial charge >= 0.3 is 0 Å². The van der Waals surface area contributed by atoms with Crippen LogP contribution >= 0.6 is 22.7 Å². The summed E-state index contributed by atoms with van der Waals surface area (Å²) >= 11 is 3.79. The lowest BCUT2D eigenvalue weighted by molar-refractivity contribution is 1.32. The Balaban J connectivity index is 1.27. The van der Waals surface area contributed by atoms with Crippen LogP contribution in [-0.2, 0) is 0 Å². The molecule has 10 rings (SSSR count). The Morgan fingerprint density at radius 1 is 0.314 bits per heavy atom. The van der Waals surface area contributed by atoms with E-state index in [1.807, 2.05) is 22.7 Å². The molecular formula is C48H31NS2. The van der Waals surface area contributed by atoms with Crippen molar-refractivity contribution < 1.29 is 0 Å². The third-order valence-corrected chi connectivity index (χ3v) is 12.4. The van der Waals surface area contributed by atoms with Gasteiger partial charge in [0.15, 0.2) is 0 Å². The predicted octanol–water partition coefficient (Wildman–Crippen LogP) is 14.9. The van der Waals surface area contributed by atoms with Crippen LogP contribution < -0.4 is 4.90 Å². The van der Waals surface area contributed by atoms with E-state index in [1.165, 1.54) is 85.1 Å².